The highest BCUT2D eigenvalue weighted by molar-refractivity contribution is 6.06. The molecule has 176 valence electrons. The van der Waals surface area contributed by atoms with E-state index in [1.165, 1.54) is 24.8 Å². The molecule has 0 saturated carbocycles. The molecule has 1 aliphatic rings. The molecule has 0 spiro atoms. The van der Waals surface area contributed by atoms with Crippen LogP contribution in [0.25, 0.3) is 0 Å². The van der Waals surface area contributed by atoms with Crippen molar-refractivity contribution in [1.29, 1.82) is 0 Å². The van der Waals surface area contributed by atoms with Gasteiger partial charge in [-0.15, -0.1) is 0 Å². The number of rotatable bonds is 6. The van der Waals surface area contributed by atoms with Crippen molar-refractivity contribution < 1.29 is 27.5 Å². The van der Waals surface area contributed by atoms with E-state index in [0.29, 0.717) is 27.8 Å². The minimum atomic E-state index is -4.47. The molecule has 2 amide bonds. The van der Waals surface area contributed by atoms with Crippen molar-refractivity contribution >= 4 is 17.6 Å². The largest absolute Gasteiger partial charge is 0.468 e. The van der Waals surface area contributed by atoms with Gasteiger partial charge in [0.25, 0.3) is 11.8 Å². The fourth-order valence-corrected chi connectivity index (χ4v) is 3.65. The minimum absolute atomic E-state index is 0.116. The van der Waals surface area contributed by atoms with Crippen molar-refractivity contribution in [2.45, 2.75) is 32.6 Å². The van der Waals surface area contributed by atoms with Gasteiger partial charge < -0.3 is 15.0 Å². The number of hydrogen-bond donors (Lipinski definition) is 1. The van der Waals surface area contributed by atoms with Crippen molar-refractivity contribution in [3.63, 3.8) is 0 Å². The van der Waals surface area contributed by atoms with Crippen LogP contribution < -0.4 is 10.1 Å². The van der Waals surface area contributed by atoms with Gasteiger partial charge in [-0.1, -0.05) is 0 Å². The lowest BCUT2D eigenvalue weighted by Gasteiger charge is -2.25. The molecule has 1 N–H and O–H groups in total. The van der Waals surface area contributed by atoms with Crippen LogP contribution in [-0.2, 0) is 6.54 Å². The number of nitrogens with one attached hydrogen (secondary N) is 1. The molecule has 0 aromatic carbocycles. The van der Waals surface area contributed by atoms with Crippen molar-refractivity contribution in [2.24, 2.45) is 0 Å². The molecule has 3 aromatic heterocycles. The Labute approximate surface area is 192 Å². The predicted molar refractivity (Wildman–Crippen MR) is 115 cm³/mol. The monoisotopic (exact) mass is 471 g/mol. The molecule has 0 saturated heterocycles. The number of anilines is 1. The Morgan fingerprint density at radius 3 is 2.62 bits per heavy atom. The van der Waals surface area contributed by atoms with E-state index in [-0.39, 0.29) is 30.1 Å². The molecule has 4 rings (SSSR count). The second-order valence-electron chi connectivity index (χ2n) is 7.78. The van der Waals surface area contributed by atoms with Crippen molar-refractivity contribution in [3.8, 4) is 5.88 Å². The van der Waals surface area contributed by atoms with Crippen LogP contribution in [-0.4, -0.2) is 44.4 Å². The fraction of sp³-hybridized carbons (Fsp3) is 0.261. The van der Waals surface area contributed by atoms with E-state index in [1.807, 2.05) is 0 Å². The maximum Gasteiger partial charge on any atom is 0.422 e. The maximum absolute atomic E-state index is 13.1. The van der Waals surface area contributed by atoms with Gasteiger partial charge in [0, 0.05) is 47.0 Å². The van der Waals surface area contributed by atoms with Gasteiger partial charge in [0.1, 0.15) is 5.82 Å². The van der Waals surface area contributed by atoms with Crippen LogP contribution in [0.15, 0.2) is 49.1 Å². The number of amides is 2. The second-order valence-corrected chi connectivity index (χ2v) is 7.78. The Morgan fingerprint density at radius 1 is 1.21 bits per heavy atom. The van der Waals surface area contributed by atoms with E-state index in [2.05, 4.69) is 20.3 Å². The Kier molecular flexibility index (Phi) is 6.18. The highest BCUT2D eigenvalue weighted by Crippen LogP contribution is 2.35. The molecule has 1 atom stereocenters. The highest BCUT2D eigenvalue weighted by atomic mass is 19.4. The van der Waals surface area contributed by atoms with E-state index < -0.39 is 18.8 Å². The number of fused-ring (bicyclic) bond motifs is 1. The number of pyridine rings is 3. The minimum Gasteiger partial charge on any atom is -0.468 e. The third kappa shape index (κ3) is 4.82. The summed E-state index contributed by atoms with van der Waals surface area (Å²) in [5.41, 5.74) is 2.45. The van der Waals surface area contributed by atoms with Gasteiger partial charge >= 0.3 is 6.18 Å². The number of aromatic nitrogens is 3. The summed E-state index contributed by atoms with van der Waals surface area (Å²) in [5.74, 6) is -0.460. The third-order valence-electron chi connectivity index (χ3n) is 5.42. The summed E-state index contributed by atoms with van der Waals surface area (Å²) < 4.78 is 42.1. The van der Waals surface area contributed by atoms with E-state index in [1.54, 1.807) is 43.0 Å². The van der Waals surface area contributed by atoms with Gasteiger partial charge in [-0.25, -0.2) is 9.97 Å². The quantitative estimate of drug-likeness (QED) is 0.582. The molecule has 4 heterocycles. The number of aryl methyl sites for hydroxylation is 1. The van der Waals surface area contributed by atoms with E-state index >= 15 is 0 Å². The van der Waals surface area contributed by atoms with E-state index in [4.69, 9.17) is 4.74 Å². The summed E-state index contributed by atoms with van der Waals surface area (Å²) in [6.45, 7) is 2.14. The lowest BCUT2D eigenvalue weighted by atomic mass is 10.1. The molecule has 11 heteroatoms. The highest BCUT2D eigenvalue weighted by Gasteiger charge is 2.34. The Morgan fingerprint density at radius 2 is 1.94 bits per heavy atom. The first-order chi connectivity index (χ1) is 16.1. The molecule has 0 radical (unpaired) electrons. The second kappa shape index (κ2) is 9.08. The topological polar surface area (TPSA) is 97.3 Å². The number of halogens is 3. The maximum atomic E-state index is 13.1. The predicted octanol–water partition coefficient (Wildman–Crippen LogP) is 4.09. The van der Waals surface area contributed by atoms with Crippen molar-refractivity contribution in [2.75, 3.05) is 11.9 Å². The number of hydrogen-bond acceptors (Lipinski definition) is 6. The molecule has 1 aliphatic heterocycles. The SMILES string of the molecule is Cc1cc(C(C)N2Cc3c(ccnc3NC(=O)c3ccncc3)C2=O)cnc1OCC(F)(F)F. The fourth-order valence-electron chi connectivity index (χ4n) is 3.65. The van der Waals surface area contributed by atoms with Gasteiger partial charge in [0.2, 0.25) is 5.88 Å². The first-order valence-corrected chi connectivity index (χ1v) is 10.3. The summed E-state index contributed by atoms with van der Waals surface area (Å²) in [6, 6.07) is 5.92. The summed E-state index contributed by atoms with van der Waals surface area (Å²) in [7, 11) is 0. The molecule has 0 bridgehead atoms. The van der Waals surface area contributed by atoms with Crippen molar-refractivity contribution in [3.05, 3.63) is 76.9 Å². The van der Waals surface area contributed by atoms with Crippen LogP contribution in [0.3, 0.4) is 0 Å². The summed E-state index contributed by atoms with van der Waals surface area (Å²) in [5, 5.41) is 2.74. The summed E-state index contributed by atoms with van der Waals surface area (Å²) in [4.78, 5) is 39.3. The average molecular weight is 471 g/mol. The number of alkyl halides is 3. The summed E-state index contributed by atoms with van der Waals surface area (Å²) in [6.07, 6.45) is 1.38. The number of carbonyl (C=O) groups is 2. The zero-order valence-corrected chi connectivity index (χ0v) is 18.3. The first kappa shape index (κ1) is 23.1. The number of carbonyl (C=O) groups excluding carboxylic acids is 2. The van der Waals surface area contributed by atoms with Gasteiger partial charge in [0.15, 0.2) is 6.61 Å². The molecule has 3 aromatic rings. The zero-order valence-electron chi connectivity index (χ0n) is 18.3. The van der Waals surface area contributed by atoms with Crippen LogP contribution in [0.2, 0.25) is 0 Å². The Bertz CT molecular complexity index is 1230. The summed E-state index contributed by atoms with van der Waals surface area (Å²) >= 11 is 0. The third-order valence-corrected chi connectivity index (χ3v) is 5.42. The molecule has 0 aliphatic carbocycles. The Hall–Kier alpha value is -4.02. The molecular formula is C23H20F3N5O3. The molecule has 0 fully saturated rings. The average Bonchev–Trinajstić information content (AvgIpc) is 3.15. The zero-order chi connectivity index (χ0) is 24.5. The molecule has 8 nitrogen and oxygen atoms in total. The standard InChI is InChI=1S/C23H20F3N5O3/c1-13-9-16(10-29-21(13)34-12-23(24,25)26)14(2)31-11-18-17(22(31)33)5-8-28-19(18)30-20(32)15-3-6-27-7-4-15/h3-10,14H,11-12H2,1-2H3,(H,28,30,32). The van der Waals surface area contributed by atoms with Crippen LogP contribution in [0.5, 0.6) is 5.88 Å². The number of ether oxygens (including phenoxy) is 1. The molecule has 34 heavy (non-hydrogen) atoms. The molecular weight excluding hydrogens is 451 g/mol. The van der Waals surface area contributed by atoms with E-state index in [9.17, 15) is 22.8 Å². The van der Waals surface area contributed by atoms with Gasteiger partial charge in [-0.3, -0.25) is 14.6 Å². The van der Waals surface area contributed by atoms with Gasteiger partial charge in [-0.05, 0) is 43.7 Å². The lowest BCUT2D eigenvalue weighted by Crippen LogP contribution is -2.27. The first-order valence-electron chi connectivity index (χ1n) is 10.3. The van der Waals surface area contributed by atoms with Gasteiger partial charge in [-0.2, -0.15) is 13.2 Å². The normalized spacial score (nSPS) is 14.0. The van der Waals surface area contributed by atoms with Crippen LogP contribution in [0, 0.1) is 6.92 Å². The Balaban J connectivity index is 1.52. The van der Waals surface area contributed by atoms with Crippen LogP contribution >= 0.6 is 0 Å². The van der Waals surface area contributed by atoms with Crippen LogP contribution in [0.4, 0.5) is 19.0 Å². The van der Waals surface area contributed by atoms with E-state index in [0.717, 1.165) is 0 Å². The molecule has 1 unspecified atom stereocenters. The lowest BCUT2D eigenvalue weighted by molar-refractivity contribution is -0.154. The van der Waals surface area contributed by atoms with Crippen LogP contribution in [0.1, 0.15) is 50.4 Å². The smallest absolute Gasteiger partial charge is 0.422 e. The number of nitrogens with zero attached hydrogens (tertiary/aromatic N) is 4. The van der Waals surface area contributed by atoms with Crippen molar-refractivity contribution in [1.82, 2.24) is 19.9 Å². The van der Waals surface area contributed by atoms with Gasteiger partial charge in [0.05, 0.1) is 12.6 Å².